The van der Waals surface area contributed by atoms with Crippen molar-refractivity contribution in [3.8, 4) is 0 Å². The van der Waals surface area contributed by atoms with E-state index in [0.29, 0.717) is 4.47 Å². The summed E-state index contributed by atoms with van der Waals surface area (Å²) in [7, 11) is 0. The van der Waals surface area contributed by atoms with Crippen molar-refractivity contribution in [1.29, 1.82) is 0 Å². The summed E-state index contributed by atoms with van der Waals surface area (Å²) < 4.78 is 15.8. The zero-order valence-electron chi connectivity index (χ0n) is 8.50. The molecule has 0 radical (unpaired) electrons. The molecule has 2 aromatic rings. The van der Waals surface area contributed by atoms with Crippen LogP contribution >= 0.6 is 15.9 Å². The summed E-state index contributed by atoms with van der Waals surface area (Å²) in [6.45, 7) is 3.03. The van der Waals surface area contributed by atoms with E-state index in [4.69, 9.17) is 0 Å². The van der Waals surface area contributed by atoms with E-state index in [0.717, 1.165) is 30.4 Å². The van der Waals surface area contributed by atoms with Gasteiger partial charge in [-0.2, -0.15) is 0 Å². The number of halogens is 2. The maximum absolute atomic E-state index is 13.3. The lowest BCUT2D eigenvalue weighted by Crippen LogP contribution is -1.95. The fourth-order valence-electron chi connectivity index (χ4n) is 1.56. The lowest BCUT2D eigenvalue weighted by Gasteiger charge is -2.02. The minimum Gasteiger partial charge on any atom is -0.331 e. The first-order valence-corrected chi connectivity index (χ1v) is 5.81. The molecule has 2 rings (SSSR count). The first-order valence-electron chi connectivity index (χ1n) is 5.02. The van der Waals surface area contributed by atoms with Crippen LogP contribution < -0.4 is 0 Å². The van der Waals surface area contributed by atoms with Gasteiger partial charge in [0.2, 0.25) is 0 Å². The Morgan fingerprint density at radius 3 is 3.00 bits per heavy atom. The molecule has 1 aromatic carbocycles. The molecular weight excluding hydrogens is 259 g/mol. The maximum Gasteiger partial charge on any atom is 0.139 e. The molecule has 0 aliphatic rings. The average Bonchev–Trinajstić information content (AvgIpc) is 2.59. The van der Waals surface area contributed by atoms with Crippen molar-refractivity contribution in [3.05, 3.63) is 28.7 Å². The summed E-state index contributed by atoms with van der Waals surface area (Å²) in [6.07, 6.45) is 3.98. The molecule has 15 heavy (non-hydrogen) atoms. The Morgan fingerprint density at radius 2 is 2.27 bits per heavy atom. The summed E-state index contributed by atoms with van der Waals surface area (Å²) in [5.41, 5.74) is 1.70. The number of fused-ring (bicyclic) bond motifs is 1. The van der Waals surface area contributed by atoms with Gasteiger partial charge in [0.05, 0.1) is 21.8 Å². The summed E-state index contributed by atoms with van der Waals surface area (Å²) >= 11 is 3.15. The molecule has 0 aliphatic heterocycles. The molecule has 0 saturated heterocycles. The fraction of sp³-hybridized carbons (Fsp3) is 0.364. The molecule has 0 spiro atoms. The molecule has 0 atom stereocenters. The molecule has 0 bridgehead atoms. The van der Waals surface area contributed by atoms with E-state index in [9.17, 15) is 4.39 Å². The van der Waals surface area contributed by atoms with Crippen molar-refractivity contribution in [2.45, 2.75) is 26.3 Å². The van der Waals surface area contributed by atoms with Crippen molar-refractivity contribution in [2.75, 3.05) is 0 Å². The second-order valence-electron chi connectivity index (χ2n) is 3.55. The predicted molar refractivity (Wildman–Crippen MR) is 62.3 cm³/mol. The van der Waals surface area contributed by atoms with Crippen LogP contribution in [0.5, 0.6) is 0 Å². The molecule has 1 heterocycles. The lowest BCUT2D eigenvalue weighted by molar-refractivity contribution is 0.617. The topological polar surface area (TPSA) is 17.8 Å². The van der Waals surface area contributed by atoms with E-state index in [1.165, 1.54) is 6.07 Å². The highest BCUT2D eigenvalue weighted by molar-refractivity contribution is 9.10. The number of benzene rings is 1. The van der Waals surface area contributed by atoms with E-state index in [1.807, 2.05) is 4.57 Å². The van der Waals surface area contributed by atoms with Gasteiger partial charge >= 0.3 is 0 Å². The molecule has 1 aromatic heterocycles. The van der Waals surface area contributed by atoms with Crippen LogP contribution in [-0.4, -0.2) is 9.55 Å². The van der Waals surface area contributed by atoms with Gasteiger partial charge in [0.25, 0.3) is 0 Å². The molecule has 0 saturated carbocycles. The highest BCUT2D eigenvalue weighted by Crippen LogP contribution is 2.22. The molecule has 0 aliphatic carbocycles. The molecule has 2 nitrogen and oxygen atoms in total. The number of aromatic nitrogens is 2. The van der Waals surface area contributed by atoms with Gasteiger partial charge in [-0.15, -0.1) is 0 Å². The van der Waals surface area contributed by atoms with Crippen LogP contribution in [0.15, 0.2) is 22.9 Å². The summed E-state index contributed by atoms with van der Waals surface area (Å²) in [6, 6.07) is 3.25. The van der Waals surface area contributed by atoms with Gasteiger partial charge in [0, 0.05) is 12.6 Å². The van der Waals surface area contributed by atoms with Crippen LogP contribution in [-0.2, 0) is 6.54 Å². The van der Waals surface area contributed by atoms with Crippen molar-refractivity contribution in [1.82, 2.24) is 9.55 Å². The van der Waals surface area contributed by atoms with Gasteiger partial charge in [0.1, 0.15) is 5.82 Å². The molecular formula is C11H12BrFN2. The molecule has 4 heteroatoms. The highest BCUT2D eigenvalue weighted by Gasteiger charge is 2.06. The van der Waals surface area contributed by atoms with E-state index in [-0.39, 0.29) is 5.82 Å². The number of hydrogen-bond acceptors (Lipinski definition) is 1. The molecule has 0 fully saturated rings. The Balaban J connectivity index is 2.45. The summed E-state index contributed by atoms with van der Waals surface area (Å²) in [5, 5.41) is 0. The fourth-order valence-corrected chi connectivity index (χ4v) is 1.89. The van der Waals surface area contributed by atoms with E-state index in [1.54, 1.807) is 12.4 Å². The first-order chi connectivity index (χ1) is 7.22. The van der Waals surface area contributed by atoms with E-state index < -0.39 is 0 Å². The Kier molecular flexibility index (Phi) is 3.05. The Morgan fingerprint density at radius 1 is 1.47 bits per heavy atom. The zero-order valence-corrected chi connectivity index (χ0v) is 10.1. The zero-order chi connectivity index (χ0) is 10.8. The number of nitrogens with zero attached hydrogens (tertiary/aromatic N) is 2. The predicted octanol–water partition coefficient (Wildman–Crippen LogP) is 3.74. The Hall–Kier alpha value is -0.900. The third kappa shape index (κ3) is 2.04. The normalized spacial score (nSPS) is 11.1. The van der Waals surface area contributed by atoms with Gasteiger partial charge in [-0.05, 0) is 28.4 Å². The Labute approximate surface area is 96.2 Å². The maximum atomic E-state index is 13.3. The smallest absolute Gasteiger partial charge is 0.139 e. The quantitative estimate of drug-likeness (QED) is 0.831. The van der Waals surface area contributed by atoms with Crippen molar-refractivity contribution >= 4 is 27.0 Å². The molecule has 0 N–H and O–H groups in total. The number of imidazole rings is 1. The monoisotopic (exact) mass is 270 g/mol. The lowest BCUT2D eigenvalue weighted by atomic mass is 10.3. The van der Waals surface area contributed by atoms with Gasteiger partial charge in [-0.1, -0.05) is 13.3 Å². The first kappa shape index (κ1) is 10.6. The SMILES string of the molecule is CCCCn1cnc2cc(Br)c(F)cc21. The van der Waals surface area contributed by atoms with Crippen LogP contribution in [0.2, 0.25) is 0 Å². The second-order valence-corrected chi connectivity index (χ2v) is 4.40. The number of unbranched alkanes of at least 4 members (excludes halogenated alkanes) is 1. The highest BCUT2D eigenvalue weighted by atomic mass is 79.9. The van der Waals surface area contributed by atoms with E-state index >= 15 is 0 Å². The van der Waals surface area contributed by atoms with Gasteiger partial charge in [-0.3, -0.25) is 0 Å². The van der Waals surface area contributed by atoms with Crippen LogP contribution in [0.25, 0.3) is 11.0 Å². The van der Waals surface area contributed by atoms with Crippen molar-refractivity contribution in [3.63, 3.8) is 0 Å². The third-order valence-electron chi connectivity index (χ3n) is 2.42. The number of rotatable bonds is 3. The van der Waals surface area contributed by atoms with Gasteiger partial charge in [0.15, 0.2) is 0 Å². The number of hydrogen-bond donors (Lipinski definition) is 0. The molecule has 80 valence electrons. The van der Waals surface area contributed by atoms with Crippen LogP contribution in [0.1, 0.15) is 19.8 Å². The minimum absolute atomic E-state index is 0.235. The van der Waals surface area contributed by atoms with Crippen molar-refractivity contribution < 1.29 is 4.39 Å². The van der Waals surface area contributed by atoms with Crippen molar-refractivity contribution in [2.24, 2.45) is 0 Å². The molecule has 0 unspecified atom stereocenters. The molecule has 0 amide bonds. The second kappa shape index (κ2) is 4.31. The summed E-state index contributed by atoms with van der Waals surface area (Å²) in [5.74, 6) is -0.235. The summed E-state index contributed by atoms with van der Waals surface area (Å²) in [4.78, 5) is 4.24. The Bertz CT molecular complexity index is 479. The van der Waals surface area contributed by atoms with Gasteiger partial charge in [-0.25, -0.2) is 9.37 Å². The average molecular weight is 271 g/mol. The van der Waals surface area contributed by atoms with E-state index in [2.05, 4.69) is 27.8 Å². The minimum atomic E-state index is -0.235. The standard InChI is InChI=1S/C11H12BrFN2/c1-2-3-4-15-7-14-10-5-8(12)9(13)6-11(10)15/h5-7H,2-4H2,1H3. The van der Waals surface area contributed by atoms with Gasteiger partial charge < -0.3 is 4.57 Å². The largest absolute Gasteiger partial charge is 0.331 e. The van der Waals surface area contributed by atoms with Crippen LogP contribution in [0, 0.1) is 5.82 Å². The van der Waals surface area contributed by atoms with Crippen LogP contribution in [0.4, 0.5) is 4.39 Å². The number of aryl methyl sites for hydroxylation is 1. The van der Waals surface area contributed by atoms with Crippen LogP contribution in [0.3, 0.4) is 0 Å². The third-order valence-corrected chi connectivity index (χ3v) is 3.02.